The molecular formula is C37H48O6. The van der Waals surface area contributed by atoms with Crippen LogP contribution < -0.4 is 0 Å². The van der Waals surface area contributed by atoms with Gasteiger partial charge in [0.05, 0.1) is 13.2 Å². The average Bonchev–Trinajstić information content (AvgIpc) is 3.01. The predicted octanol–water partition coefficient (Wildman–Crippen LogP) is 7.17. The molecule has 2 aromatic rings. The molecule has 2 aromatic carbocycles. The Morgan fingerprint density at radius 1 is 0.814 bits per heavy atom. The topological polar surface area (TPSA) is 93.1 Å². The largest absolute Gasteiger partial charge is 0.462 e. The van der Waals surface area contributed by atoms with E-state index >= 15 is 0 Å². The number of hydrogen-bond donors (Lipinski definition) is 2. The molecule has 43 heavy (non-hydrogen) atoms. The van der Waals surface area contributed by atoms with Crippen molar-refractivity contribution < 1.29 is 29.3 Å². The lowest BCUT2D eigenvalue weighted by atomic mass is 9.83. The number of unbranched alkanes of at least 4 members (excludes halogenated alkanes) is 2. The number of hydrogen-bond acceptors (Lipinski definition) is 6. The summed E-state index contributed by atoms with van der Waals surface area (Å²) in [5, 5.41) is 18.1. The highest BCUT2D eigenvalue weighted by Gasteiger charge is 2.16. The van der Waals surface area contributed by atoms with E-state index in [1.807, 2.05) is 6.07 Å². The molecule has 0 saturated heterocycles. The smallest absolute Gasteiger partial charge is 0.333 e. The van der Waals surface area contributed by atoms with Gasteiger partial charge in [0.1, 0.15) is 0 Å². The molecule has 6 heteroatoms. The third-order valence-corrected chi connectivity index (χ3v) is 8.03. The third-order valence-electron chi connectivity index (χ3n) is 8.03. The SMILES string of the molecule is C=C(CCO)C(=O)OCCc1cc(CCOC(=O)C(=C)CCO)cc(-c2ccc(C3=CCC(CCCCC)CC3)cc2)c1. The highest BCUT2D eigenvalue weighted by Crippen LogP contribution is 2.34. The molecule has 0 radical (unpaired) electrons. The maximum atomic E-state index is 12.1. The minimum Gasteiger partial charge on any atom is -0.462 e. The predicted molar refractivity (Wildman–Crippen MR) is 172 cm³/mol. The molecule has 1 unspecified atom stereocenters. The number of aliphatic hydroxyl groups is 2. The lowest BCUT2D eigenvalue weighted by molar-refractivity contribution is -0.140. The van der Waals surface area contributed by atoms with Gasteiger partial charge in [-0.3, -0.25) is 0 Å². The van der Waals surface area contributed by atoms with Crippen LogP contribution in [-0.4, -0.2) is 48.6 Å². The van der Waals surface area contributed by atoms with Gasteiger partial charge in [-0.15, -0.1) is 0 Å². The zero-order valence-electron chi connectivity index (χ0n) is 25.7. The first-order valence-electron chi connectivity index (χ1n) is 15.7. The summed E-state index contributed by atoms with van der Waals surface area (Å²) < 4.78 is 10.7. The zero-order valence-corrected chi connectivity index (χ0v) is 25.7. The minimum absolute atomic E-state index is 0.146. The second-order valence-electron chi connectivity index (χ2n) is 11.4. The van der Waals surface area contributed by atoms with Gasteiger partial charge in [0.2, 0.25) is 0 Å². The number of esters is 2. The molecular weight excluding hydrogens is 540 g/mol. The van der Waals surface area contributed by atoms with Gasteiger partial charge in [-0.05, 0) is 58.6 Å². The number of allylic oxidation sites excluding steroid dienone is 2. The van der Waals surface area contributed by atoms with Crippen LogP contribution in [0.15, 0.2) is 72.8 Å². The molecule has 0 aromatic heterocycles. The van der Waals surface area contributed by atoms with Crippen molar-refractivity contribution in [3.8, 4) is 11.1 Å². The maximum Gasteiger partial charge on any atom is 0.333 e. The van der Waals surface area contributed by atoms with Crippen LogP contribution in [0.1, 0.15) is 81.4 Å². The zero-order chi connectivity index (χ0) is 31.0. The number of carbonyl (C=O) groups is 2. The first-order valence-corrected chi connectivity index (χ1v) is 15.7. The second kappa shape index (κ2) is 18.2. The lowest BCUT2D eigenvalue weighted by Crippen LogP contribution is -2.12. The highest BCUT2D eigenvalue weighted by molar-refractivity contribution is 5.88. The maximum absolute atomic E-state index is 12.1. The van der Waals surface area contributed by atoms with Crippen molar-refractivity contribution in [3.63, 3.8) is 0 Å². The van der Waals surface area contributed by atoms with E-state index in [-0.39, 0.29) is 50.4 Å². The third kappa shape index (κ3) is 11.3. The quantitative estimate of drug-likeness (QED) is 0.109. The molecule has 0 amide bonds. The Bertz CT molecular complexity index is 1200. The Labute approximate surface area is 257 Å². The summed E-state index contributed by atoms with van der Waals surface area (Å²) in [5.74, 6) is -0.185. The number of ether oxygens (including phenoxy) is 2. The molecule has 1 aliphatic carbocycles. The summed E-state index contributed by atoms with van der Waals surface area (Å²) >= 11 is 0. The Hall–Kier alpha value is -3.48. The van der Waals surface area contributed by atoms with E-state index in [1.54, 1.807) is 0 Å². The number of aliphatic hydroxyl groups excluding tert-OH is 2. The Kier molecular flexibility index (Phi) is 14.4. The summed E-state index contributed by atoms with van der Waals surface area (Å²) in [4.78, 5) is 24.2. The fourth-order valence-corrected chi connectivity index (χ4v) is 5.39. The van der Waals surface area contributed by atoms with Gasteiger partial charge >= 0.3 is 11.9 Å². The van der Waals surface area contributed by atoms with Crippen molar-refractivity contribution >= 4 is 17.5 Å². The van der Waals surface area contributed by atoms with Crippen LogP contribution in [0.5, 0.6) is 0 Å². The summed E-state index contributed by atoms with van der Waals surface area (Å²) in [7, 11) is 0. The first kappa shape index (κ1) is 34.0. The number of carbonyl (C=O) groups excluding carboxylic acids is 2. The Balaban J connectivity index is 1.71. The van der Waals surface area contributed by atoms with Crippen LogP contribution >= 0.6 is 0 Å². The minimum atomic E-state index is -0.500. The van der Waals surface area contributed by atoms with Crippen LogP contribution in [0.2, 0.25) is 0 Å². The van der Waals surface area contributed by atoms with Crippen LogP contribution in [0, 0.1) is 5.92 Å². The van der Waals surface area contributed by atoms with Crippen molar-refractivity contribution in [2.75, 3.05) is 26.4 Å². The average molecular weight is 589 g/mol. The Morgan fingerprint density at radius 2 is 1.37 bits per heavy atom. The van der Waals surface area contributed by atoms with Gasteiger partial charge in [-0.2, -0.15) is 0 Å². The van der Waals surface area contributed by atoms with E-state index in [9.17, 15) is 9.59 Å². The van der Waals surface area contributed by atoms with Crippen molar-refractivity contribution in [2.24, 2.45) is 5.92 Å². The van der Waals surface area contributed by atoms with E-state index in [0.717, 1.165) is 34.6 Å². The van der Waals surface area contributed by atoms with Gasteiger partial charge in [0, 0.05) is 50.0 Å². The Morgan fingerprint density at radius 3 is 1.86 bits per heavy atom. The van der Waals surface area contributed by atoms with Crippen LogP contribution in [0.4, 0.5) is 0 Å². The van der Waals surface area contributed by atoms with Crippen LogP contribution in [0.25, 0.3) is 16.7 Å². The van der Waals surface area contributed by atoms with Crippen molar-refractivity contribution in [1.29, 1.82) is 0 Å². The summed E-state index contributed by atoms with van der Waals surface area (Å²) in [6.07, 6.45) is 12.7. The molecule has 0 heterocycles. The van der Waals surface area contributed by atoms with Gasteiger partial charge in [-0.25, -0.2) is 9.59 Å². The van der Waals surface area contributed by atoms with Crippen LogP contribution in [-0.2, 0) is 31.9 Å². The normalized spacial score (nSPS) is 14.6. The molecule has 2 N–H and O–H groups in total. The van der Waals surface area contributed by atoms with E-state index in [4.69, 9.17) is 19.7 Å². The molecule has 3 rings (SSSR count). The molecule has 0 spiro atoms. The summed E-state index contributed by atoms with van der Waals surface area (Å²) in [5.41, 5.74) is 7.33. The molecule has 0 fully saturated rings. The van der Waals surface area contributed by atoms with Gasteiger partial charge in [-0.1, -0.05) is 94.3 Å². The highest BCUT2D eigenvalue weighted by atomic mass is 16.5. The first-order chi connectivity index (χ1) is 20.8. The number of benzene rings is 2. The fraction of sp³-hybridized carbons (Fsp3) is 0.459. The molecule has 0 saturated carbocycles. The summed E-state index contributed by atoms with van der Waals surface area (Å²) in [6, 6.07) is 15.0. The van der Waals surface area contributed by atoms with Gasteiger partial charge in [0.25, 0.3) is 0 Å². The van der Waals surface area contributed by atoms with E-state index in [1.165, 1.54) is 49.7 Å². The molecule has 1 aliphatic rings. The lowest BCUT2D eigenvalue weighted by Gasteiger charge is -2.22. The molecule has 0 bridgehead atoms. The van der Waals surface area contributed by atoms with Gasteiger partial charge in [0.15, 0.2) is 0 Å². The van der Waals surface area contributed by atoms with E-state index < -0.39 is 11.9 Å². The molecule has 0 aliphatic heterocycles. The van der Waals surface area contributed by atoms with Crippen molar-refractivity contribution in [1.82, 2.24) is 0 Å². The number of rotatable bonds is 18. The van der Waals surface area contributed by atoms with Crippen molar-refractivity contribution in [2.45, 2.75) is 77.6 Å². The fourth-order valence-electron chi connectivity index (χ4n) is 5.39. The molecule has 6 nitrogen and oxygen atoms in total. The van der Waals surface area contributed by atoms with Gasteiger partial charge < -0.3 is 19.7 Å². The van der Waals surface area contributed by atoms with Crippen LogP contribution in [0.3, 0.4) is 0 Å². The van der Waals surface area contributed by atoms with E-state index in [0.29, 0.717) is 12.8 Å². The monoisotopic (exact) mass is 588 g/mol. The standard InChI is InChI=1S/C37H48O6/c1-4-5-6-7-29-8-10-32(11-9-29)33-12-14-34(15-13-33)35-25-30(18-22-42-36(40)27(2)16-20-38)24-31(26-35)19-23-43-37(41)28(3)17-21-39/h10,12-15,24-26,29,38-39H,2-9,11,16-23H2,1H3. The summed E-state index contributed by atoms with van der Waals surface area (Å²) in [6.45, 7) is 9.68. The molecule has 1 atom stereocenters. The second-order valence-corrected chi connectivity index (χ2v) is 11.4. The van der Waals surface area contributed by atoms with E-state index in [2.05, 4.69) is 62.6 Å². The van der Waals surface area contributed by atoms with Crippen molar-refractivity contribution in [3.05, 3.63) is 89.5 Å². The molecule has 232 valence electrons.